The van der Waals surface area contributed by atoms with Gasteiger partial charge in [-0.05, 0) is 32.0 Å². The highest BCUT2D eigenvalue weighted by Crippen LogP contribution is 2.11. The third kappa shape index (κ3) is 3.61. The van der Waals surface area contributed by atoms with Crippen LogP contribution in [0.4, 0.5) is 8.78 Å². The van der Waals surface area contributed by atoms with E-state index in [1.165, 1.54) is 6.07 Å². The van der Waals surface area contributed by atoms with Gasteiger partial charge < -0.3 is 0 Å². The maximum atomic E-state index is 13.1. The molecule has 0 aromatic heterocycles. The molecular weight excluding hydrogens is 262 g/mol. The summed E-state index contributed by atoms with van der Waals surface area (Å²) >= 11 is 0. The minimum atomic E-state index is -0.972. The first kappa shape index (κ1) is 15.1. The quantitative estimate of drug-likeness (QED) is 0.791. The van der Waals surface area contributed by atoms with E-state index in [9.17, 15) is 13.6 Å². The van der Waals surface area contributed by atoms with Gasteiger partial charge in [-0.25, -0.2) is 8.78 Å². The molecular formula is C15H20F2N2O. The summed E-state index contributed by atoms with van der Waals surface area (Å²) in [6.45, 7) is 8.09. The van der Waals surface area contributed by atoms with Crippen molar-refractivity contribution in [2.75, 3.05) is 32.7 Å². The maximum absolute atomic E-state index is 13.1. The van der Waals surface area contributed by atoms with Crippen LogP contribution >= 0.6 is 0 Å². The molecule has 1 saturated heterocycles. The zero-order valence-electron chi connectivity index (χ0n) is 11.9. The van der Waals surface area contributed by atoms with Gasteiger partial charge in [0.2, 0.25) is 0 Å². The first-order chi connectivity index (χ1) is 9.47. The summed E-state index contributed by atoms with van der Waals surface area (Å²) in [5, 5.41) is 0. The summed E-state index contributed by atoms with van der Waals surface area (Å²) < 4.78 is 25.9. The third-order valence-electron chi connectivity index (χ3n) is 3.75. The zero-order chi connectivity index (χ0) is 14.7. The minimum Gasteiger partial charge on any atom is -0.298 e. The van der Waals surface area contributed by atoms with Crippen molar-refractivity contribution in [1.29, 1.82) is 0 Å². The van der Waals surface area contributed by atoms with Gasteiger partial charge in [-0.2, -0.15) is 0 Å². The number of Topliss-reactive ketones (excluding diaryl/α,β-unsaturated/α-hetero) is 1. The van der Waals surface area contributed by atoms with Gasteiger partial charge in [0.1, 0.15) is 0 Å². The molecule has 20 heavy (non-hydrogen) atoms. The first-order valence-electron chi connectivity index (χ1n) is 6.92. The largest absolute Gasteiger partial charge is 0.298 e. The topological polar surface area (TPSA) is 23.6 Å². The zero-order valence-corrected chi connectivity index (χ0v) is 11.9. The number of carbonyl (C=O) groups excluding carboxylic acids is 1. The molecule has 1 aromatic rings. The average molecular weight is 282 g/mol. The molecule has 1 aliphatic heterocycles. The third-order valence-corrected chi connectivity index (χ3v) is 3.75. The fourth-order valence-electron chi connectivity index (χ4n) is 2.40. The summed E-state index contributed by atoms with van der Waals surface area (Å²) in [6.07, 6.45) is 0. The second-order valence-electron chi connectivity index (χ2n) is 5.46. The number of hydrogen-bond acceptors (Lipinski definition) is 3. The van der Waals surface area contributed by atoms with Crippen LogP contribution in [-0.2, 0) is 0 Å². The van der Waals surface area contributed by atoms with Crippen LogP contribution in [-0.4, -0.2) is 54.3 Å². The molecule has 0 aliphatic carbocycles. The number of ketones is 1. The van der Waals surface area contributed by atoms with Crippen LogP contribution < -0.4 is 0 Å². The number of nitrogens with zero attached hydrogens (tertiary/aromatic N) is 2. The molecule has 0 atom stereocenters. The van der Waals surface area contributed by atoms with Crippen molar-refractivity contribution < 1.29 is 13.6 Å². The molecule has 5 heteroatoms. The monoisotopic (exact) mass is 282 g/mol. The number of piperazine rings is 1. The van der Waals surface area contributed by atoms with Crippen molar-refractivity contribution in [1.82, 2.24) is 9.80 Å². The Morgan fingerprint density at radius 2 is 1.80 bits per heavy atom. The average Bonchev–Trinajstić information content (AvgIpc) is 2.42. The molecule has 0 spiro atoms. The van der Waals surface area contributed by atoms with Crippen LogP contribution in [0.1, 0.15) is 24.2 Å². The summed E-state index contributed by atoms with van der Waals surface area (Å²) in [6, 6.07) is 3.82. The van der Waals surface area contributed by atoms with Crippen LogP contribution in [0, 0.1) is 11.6 Å². The molecule has 1 fully saturated rings. The Hall–Kier alpha value is -1.33. The Balaban J connectivity index is 1.91. The molecule has 0 radical (unpaired) electrons. The Bertz CT molecular complexity index is 483. The van der Waals surface area contributed by atoms with Crippen molar-refractivity contribution >= 4 is 5.78 Å². The van der Waals surface area contributed by atoms with Crippen molar-refractivity contribution in [2.24, 2.45) is 0 Å². The summed E-state index contributed by atoms with van der Waals surface area (Å²) in [4.78, 5) is 16.5. The van der Waals surface area contributed by atoms with Crippen LogP contribution in [0.25, 0.3) is 0 Å². The van der Waals surface area contributed by atoms with E-state index in [1.54, 1.807) is 0 Å². The van der Waals surface area contributed by atoms with Crippen LogP contribution in [0.5, 0.6) is 0 Å². The fourth-order valence-corrected chi connectivity index (χ4v) is 2.40. The van der Waals surface area contributed by atoms with Gasteiger partial charge >= 0.3 is 0 Å². The molecule has 3 nitrogen and oxygen atoms in total. The minimum absolute atomic E-state index is 0.165. The van der Waals surface area contributed by atoms with E-state index in [0.29, 0.717) is 6.04 Å². The normalized spacial score (nSPS) is 17.6. The van der Waals surface area contributed by atoms with Crippen molar-refractivity contribution in [3.05, 3.63) is 35.4 Å². The molecule has 1 aromatic carbocycles. The van der Waals surface area contributed by atoms with Gasteiger partial charge in [-0.1, -0.05) is 0 Å². The number of halogens is 2. The number of hydrogen-bond donors (Lipinski definition) is 0. The molecule has 1 heterocycles. The standard InChI is InChI=1S/C15H20F2N2O/c1-11(2)19-7-5-18(6-8-19)10-15(20)12-3-4-13(16)14(17)9-12/h3-4,9,11H,5-8,10H2,1-2H3. The van der Waals surface area contributed by atoms with E-state index in [-0.39, 0.29) is 17.9 Å². The highest BCUT2D eigenvalue weighted by molar-refractivity contribution is 5.97. The summed E-state index contributed by atoms with van der Waals surface area (Å²) in [5.74, 6) is -2.06. The highest BCUT2D eigenvalue weighted by atomic mass is 19.2. The number of carbonyl (C=O) groups is 1. The van der Waals surface area contributed by atoms with Crippen LogP contribution in [0.3, 0.4) is 0 Å². The molecule has 0 N–H and O–H groups in total. The van der Waals surface area contributed by atoms with Crippen LogP contribution in [0.15, 0.2) is 18.2 Å². The fraction of sp³-hybridized carbons (Fsp3) is 0.533. The molecule has 2 rings (SSSR count). The van der Waals surface area contributed by atoms with Gasteiger partial charge in [0.25, 0.3) is 0 Å². The molecule has 0 saturated carbocycles. The number of rotatable bonds is 4. The predicted molar refractivity (Wildman–Crippen MR) is 73.8 cm³/mol. The van der Waals surface area contributed by atoms with E-state index in [4.69, 9.17) is 0 Å². The SMILES string of the molecule is CC(C)N1CCN(CC(=O)c2ccc(F)c(F)c2)CC1. The van der Waals surface area contributed by atoms with Gasteiger partial charge in [0, 0.05) is 37.8 Å². The highest BCUT2D eigenvalue weighted by Gasteiger charge is 2.21. The summed E-state index contributed by atoms with van der Waals surface area (Å²) in [7, 11) is 0. The van der Waals surface area contributed by atoms with Gasteiger partial charge in [-0.3, -0.25) is 14.6 Å². The second-order valence-corrected chi connectivity index (χ2v) is 5.46. The first-order valence-corrected chi connectivity index (χ1v) is 6.92. The van der Waals surface area contributed by atoms with Crippen molar-refractivity contribution in [2.45, 2.75) is 19.9 Å². The van der Waals surface area contributed by atoms with E-state index in [1.807, 2.05) is 0 Å². The molecule has 1 aliphatic rings. The Kier molecular flexibility index (Phi) is 4.83. The lowest BCUT2D eigenvalue weighted by atomic mass is 10.1. The molecule has 0 unspecified atom stereocenters. The predicted octanol–water partition coefficient (Wildman–Crippen LogP) is 2.17. The second kappa shape index (κ2) is 6.41. The Labute approximate surface area is 118 Å². The van der Waals surface area contributed by atoms with Crippen molar-refractivity contribution in [3.8, 4) is 0 Å². The Morgan fingerprint density at radius 1 is 1.15 bits per heavy atom. The molecule has 0 bridgehead atoms. The van der Waals surface area contributed by atoms with Gasteiger partial charge in [-0.15, -0.1) is 0 Å². The van der Waals surface area contributed by atoms with Gasteiger partial charge in [0.05, 0.1) is 6.54 Å². The lowest BCUT2D eigenvalue weighted by Crippen LogP contribution is -2.50. The van der Waals surface area contributed by atoms with E-state index in [2.05, 4.69) is 23.6 Å². The van der Waals surface area contributed by atoms with Crippen LogP contribution in [0.2, 0.25) is 0 Å². The Morgan fingerprint density at radius 3 is 2.35 bits per heavy atom. The van der Waals surface area contributed by atoms with Crippen molar-refractivity contribution in [3.63, 3.8) is 0 Å². The smallest absolute Gasteiger partial charge is 0.176 e. The lowest BCUT2D eigenvalue weighted by Gasteiger charge is -2.36. The van der Waals surface area contributed by atoms with E-state index >= 15 is 0 Å². The number of benzene rings is 1. The molecule has 0 amide bonds. The van der Waals surface area contributed by atoms with E-state index in [0.717, 1.165) is 38.3 Å². The lowest BCUT2D eigenvalue weighted by molar-refractivity contribution is 0.0807. The maximum Gasteiger partial charge on any atom is 0.176 e. The van der Waals surface area contributed by atoms with Gasteiger partial charge in [0.15, 0.2) is 17.4 Å². The molecule has 110 valence electrons. The van der Waals surface area contributed by atoms with E-state index < -0.39 is 11.6 Å². The summed E-state index contributed by atoms with van der Waals surface area (Å²) in [5.41, 5.74) is 0.232.